The third-order valence-corrected chi connectivity index (χ3v) is 7.15. The van der Waals surface area contributed by atoms with E-state index < -0.39 is 30.9 Å². The van der Waals surface area contributed by atoms with E-state index in [1.54, 1.807) is 45.0 Å². The molecule has 0 aromatic heterocycles. The molecule has 2 aromatic carbocycles. The number of nitrogens with one attached hydrogen (secondary N) is 1. The molecule has 1 amide bonds. The molecule has 0 saturated carbocycles. The molecule has 1 fully saturated rings. The summed E-state index contributed by atoms with van der Waals surface area (Å²) in [5, 5.41) is 12.8. The molecule has 2 aromatic rings. The summed E-state index contributed by atoms with van der Waals surface area (Å²) < 4.78 is 30.8. The maximum Gasteiger partial charge on any atom is 0.492 e. The maximum absolute atomic E-state index is 14.5. The van der Waals surface area contributed by atoms with E-state index in [1.165, 1.54) is 18.9 Å². The summed E-state index contributed by atoms with van der Waals surface area (Å²) in [5.41, 5.74) is 2.86. The first-order valence-corrected chi connectivity index (χ1v) is 13.3. The molecule has 2 N–H and O–H groups in total. The van der Waals surface area contributed by atoms with E-state index in [0.29, 0.717) is 28.8 Å². The van der Waals surface area contributed by atoms with Crippen LogP contribution in [0.15, 0.2) is 30.3 Å². The fourth-order valence-electron chi connectivity index (χ4n) is 4.94. The van der Waals surface area contributed by atoms with Crippen LogP contribution in [0.4, 0.5) is 4.39 Å². The Morgan fingerprint density at radius 1 is 1.21 bits per heavy atom. The number of ether oxygens (including phenoxy) is 2. The molecular formula is C28H36BFN2O6. The average molecular weight is 526 g/mol. The molecule has 2 aliphatic heterocycles. The van der Waals surface area contributed by atoms with Crippen LogP contribution in [0, 0.1) is 18.7 Å². The van der Waals surface area contributed by atoms with Gasteiger partial charge in [0.1, 0.15) is 12.6 Å². The van der Waals surface area contributed by atoms with Crippen LogP contribution in [0.25, 0.3) is 0 Å². The van der Waals surface area contributed by atoms with Crippen LogP contribution in [-0.4, -0.2) is 61.2 Å². The van der Waals surface area contributed by atoms with Crippen LogP contribution in [0.1, 0.15) is 60.2 Å². The van der Waals surface area contributed by atoms with Crippen molar-refractivity contribution < 1.29 is 33.1 Å². The maximum atomic E-state index is 14.5. The van der Waals surface area contributed by atoms with Crippen molar-refractivity contribution in [3.63, 3.8) is 0 Å². The Hall–Kier alpha value is -2.95. The average Bonchev–Trinajstić information content (AvgIpc) is 3.54. The van der Waals surface area contributed by atoms with Crippen molar-refractivity contribution in [2.45, 2.75) is 59.3 Å². The fourth-order valence-corrected chi connectivity index (χ4v) is 4.94. The predicted octanol–water partition coefficient (Wildman–Crippen LogP) is 2.71. The van der Waals surface area contributed by atoms with Crippen molar-refractivity contribution in [1.82, 2.24) is 10.2 Å². The van der Waals surface area contributed by atoms with Gasteiger partial charge in [-0.1, -0.05) is 26.0 Å². The first kappa shape index (κ1) is 28.1. The zero-order chi connectivity index (χ0) is 27.2. The summed E-state index contributed by atoms with van der Waals surface area (Å²) in [4.78, 5) is 28.3. The third-order valence-electron chi connectivity index (χ3n) is 7.15. The molecule has 0 unspecified atom stereocenters. The summed E-state index contributed by atoms with van der Waals surface area (Å²) in [5.74, 6) is -1.64. The SMILES string of the molecule is Cc1c(C(=O)N[C@H](C(=O)OCc2ccc(OCCCN3CCCC3)c(F)c2)C(C)C)ccc2c1B(O)OC2. The number of halogens is 1. The Balaban J connectivity index is 1.30. The summed E-state index contributed by atoms with van der Waals surface area (Å²) in [6.07, 6.45) is 3.31. The molecule has 2 heterocycles. The van der Waals surface area contributed by atoms with Gasteiger partial charge in [0.05, 0.1) is 13.2 Å². The van der Waals surface area contributed by atoms with E-state index in [-0.39, 0.29) is 24.9 Å². The highest BCUT2D eigenvalue weighted by atomic mass is 19.1. The lowest BCUT2D eigenvalue weighted by Crippen LogP contribution is -2.46. The molecule has 1 atom stereocenters. The minimum absolute atomic E-state index is 0.133. The number of carbonyl (C=O) groups is 2. The summed E-state index contributed by atoms with van der Waals surface area (Å²) >= 11 is 0. The van der Waals surface area contributed by atoms with Gasteiger partial charge in [-0.2, -0.15) is 0 Å². The van der Waals surface area contributed by atoms with Crippen LogP contribution >= 0.6 is 0 Å². The Labute approximate surface area is 223 Å². The van der Waals surface area contributed by atoms with Gasteiger partial charge in [-0.05, 0) is 85.5 Å². The molecule has 1 saturated heterocycles. The number of hydrogen-bond donors (Lipinski definition) is 2. The Morgan fingerprint density at radius 3 is 2.68 bits per heavy atom. The minimum Gasteiger partial charge on any atom is -0.490 e. The van der Waals surface area contributed by atoms with E-state index in [0.717, 1.165) is 31.6 Å². The van der Waals surface area contributed by atoms with Crippen LogP contribution in [0.5, 0.6) is 5.75 Å². The van der Waals surface area contributed by atoms with Crippen LogP contribution in [0.2, 0.25) is 0 Å². The van der Waals surface area contributed by atoms with Gasteiger partial charge >= 0.3 is 13.1 Å². The van der Waals surface area contributed by atoms with Gasteiger partial charge < -0.3 is 29.4 Å². The lowest BCUT2D eigenvalue weighted by molar-refractivity contribution is -0.148. The van der Waals surface area contributed by atoms with Gasteiger partial charge in [-0.25, -0.2) is 9.18 Å². The number of benzene rings is 2. The van der Waals surface area contributed by atoms with Crippen LogP contribution in [-0.2, 0) is 27.4 Å². The highest BCUT2D eigenvalue weighted by Crippen LogP contribution is 2.20. The normalized spacial score (nSPS) is 16.0. The quantitative estimate of drug-likeness (QED) is 0.264. The summed E-state index contributed by atoms with van der Waals surface area (Å²) in [6, 6.07) is 7.01. The van der Waals surface area contributed by atoms with Gasteiger partial charge in [-0.15, -0.1) is 0 Å². The second kappa shape index (κ2) is 12.7. The Bertz CT molecular complexity index is 1150. The van der Waals surface area contributed by atoms with E-state index in [9.17, 15) is 19.0 Å². The molecule has 0 spiro atoms. The molecule has 0 aliphatic carbocycles. The number of esters is 1. The fraction of sp³-hybridized carbons (Fsp3) is 0.500. The number of fused-ring (bicyclic) bond motifs is 1. The number of carbonyl (C=O) groups excluding carboxylic acids is 2. The largest absolute Gasteiger partial charge is 0.492 e. The van der Waals surface area contributed by atoms with Gasteiger partial charge in [0.2, 0.25) is 0 Å². The van der Waals surface area contributed by atoms with Crippen LogP contribution < -0.4 is 15.5 Å². The lowest BCUT2D eigenvalue weighted by atomic mass is 9.75. The first-order chi connectivity index (χ1) is 18.2. The highest BCUT2D eigenvalue weighted by molar-refractivity contribution is 6.62. The van der Waals surface area contributed by atoms with Crippen molar-refractivity contribution in [3.05, 3.63) is 58.4 Å². The van der Waals surface area contributed by atoms with E-state index in [2.05, 4.69) is 10.2 Å². The van der Waals surface area contributed by atoms with Gasteiger partial charge in [0.25, 0.3) is 5.91 Å². The zero-order valence-electron chi connectivity index (χ0n) is 22.3. The molecule has 38 heavy (non-hydrogen) atoms. The molecular weight excluding hydrogens is 490 g/mol. The number of nitrogens with zero attached hydrogens (tertiary/aromatic N) is 1. The molecule has 8 nitrogen and oxygen atoms in total. The van der Waals surface area contributed by atoms with Crippen molar-refractivity contribution >= 4 is 24.5 Å². The second-order valence-corrected chi connectivity index (χ2v) is 10.3. The number of likely N-dealkylation sites (tertiary alicyclic amines) is 1. The summed E-state index contributed by atoms with van der Waals surface area (Å²) in [7, 11) is -1.07. The smallest absolute Gasteiger partial charge is 0.490 e. The van der Waals surface area contributed by atoms with Crippen molar-refractivity contribution in [3.8, 4) is 5.75 Å². The monoisotopic (exact) mass is 526 g/mol. The second-order valence-electron chi connectivity index (χ2n) is 10.3. The molecule has 0 radical (unpaired) electrons. The molecule has 2 aliphatic rings. The van der Waals surface area contributed by atoms with Gasteiger partial charge in [0, 0.05) is 12.1 Å². The number of amides is 1. The van der Waals surface area contributed by atoms with E-state index in [4.69, 9.17) is 14.1 Å². The summed E-state index contributed by atoms with van der Waals surface area (Å²) in [6.45, 7) is 9.12. The minimum atomic E-state index is -1.07. The standard InChI is InChI=1S/C28H36BFN2O6/c1-18(2)26(31-27(33)22-9-8-21-17-38-29(35)25(21)19(22)3)28(34)37-16-20-7-10-24(23(30)15-20)36-14-6-13-32-11-4-5-12-32/h7-10,15,18,26,35H,4-6,11-14,16-17H2,1-3H3,(H,31,33)/t26-/m0/s1. The first-order valence-electron chi connectivity index (χ1n) is 13.3. The lowest BCUT2D eigenvalue weighted by Gasteiger charge is -2.22. The molecule has 10 heteroatoms. The molecule has 204 valence electrons. The Kier molecular flexibility index (Phi) is 9.41. The Morgan fingerprint density at radius 2 is 1.97 bits per heavy atom. The van der Waals surface area contributed by atoms with Crippen molar-refractivity contribution in [1.29, 1.82) is 0 Å². The van der Waals surface area contributed by atoms with E-state index >= 15 is 0 Å². The molecule has 4 rings (SSSR count). The predicted molar refractivity (Wildman–Crippen MR) is 142 cm³/mol. The molecule has 0 bridgehead atoms. The topological polar surface area (TPSA) is 97.3 Å². The zero-order valence-corrected chi connectivity index (χ0v) is 22.3. The van der Waals surface area contributed by atoms with Crippen molar-refractivity contribution in [2.24, 2.45) is 5.92 Å². The van der Waals surface area contributed by atoms with Crippen molar-refractivity contribution in [2.75, 3.05) is 26.2 Å². The van der Waals surface area contributed by atoms with Crippen LogP contribution in [0.3, 0.4) is 0 Å². The number of rotatable bonds is 11. The van der Waals surface area contributed by atoms with Gasteiger partial charge in [-0.3, -0.25) is 4.79 Å². The highest BCUT2D eigenvalue weighted by Gasteiger charge is 2.32. The third kappa shape index (κ3) is 6.73. The number of hydrogen-bond acceptors (Lipinski definition) is 7. The van der Waals surface area contributed by atoms with E-state index in [1.807, 2.05) is 0 Å². The van der Waals surface area contributed by atoms with Gasteiger partial charge in [0.15, 0.2) is 11.6 Å².